The summed E-state index contributed by atoms with van der Waals surface area (Å²) in [7, 11) is 0. The molecule has 0 radical (unpaired) electrons. The second-order valence-corrected chi connectivity index (χ2v) is 4.79. The number of benzene rings is 2. The molecule has 0 bridgehead atoms. The number of aromatic amines is 1. The average molecular weight is 309 g/mol. The Labute approximate surface area is 123 Å². The van der Waals surface area contributed by atoms with Crippen LogP contribution in [0.4, 0.5) is 17.6 Å². The minimum Gasteiger partial charge on any atom is -0.489 e. The Morgan fingerprint density at radius 3 is 2.59 bits per heavy atom. The van der Waals surface area contributed by atoms with Crippen LogP contribution in [0.2, 0.25) is 0 Å². The summed E-state index contributed by atoms with van der Waals surface area (Å²) in [6.07, 6.45) is -2.83. The first-order chi connectivity index (χ1) is 10.4. The highest BCUT2D eigenvalue weighted by molar-refractivity contribution is 5.83. The first-order valence-electron chi connectivity index (χ1n) is 6.50. The molecule has 1 heterocycles. The molecule has 0 aliphatic heterocycles. The third-order valence-corrected chi connectivity index (χ3v) is 3.31. The van der Waals surface area contributed by atoms with Gasteiger partial charge in [-0.05, 0) is 24.3 Å². The Balaban J connectivity index is 1.81. The van der Waals surface area contributed by atoms with Crippen molar-refractivity contribution in [2.45, 2.75) is 12.8 Å². The minimum atomic E-state index is -4.41. The number of aromatic nitrogens is 1. The van der Waals surface area contributed by atoms with Gasteiger partial charge >= 0.3 is 6.18 Å². The van der Waals surface area contributed by atoms with Crippen molar-refractivity contribution in [2.24, 2.45) is 0 Å². The fourth-order valence-corrected chi connectivity index (χ4v) is 2.22. The molecule has 2 aromatic carbocycles. The highest BCUT2D eigenvalue weighted by atomic mass is 19.4. The standard InChI is InChI=1S/C16H11F4NO/c17-14-6-2-5-13-10(8-21-15(13)14)9-22-12-4-1-3-11(7-12)16(18,19)20/h1-8,21H,9H2. The fourth-order valence-electron chi connectivity index (χ4n) is 2.22. The van der Waals surface area contributed by atoms with Crippen LogP contribution in [0.15, 0.2) is 48.7 Å². The van der Waals surface area contributed by atoms with Gasteiger partial charge in [-0.1, -0.05) is 18.2 Å². The Morgan fingerprint density at radius 1 is 1.05 bits per heavy atom. The van der Waals surface area contributed by atoms with Gasteiger partial charge in [0, 0.05) is 17.1 Å². The lowest BCUT2D eigenvalue weighted by Gasteiger charge is -2.10. The number of hydrogen-bond donors (Lipinski definition) is 1. The molecule has 0 aliphatic rings. The summed E-state index contributed by atoms with van der Waals surface area (Å²) in [5.41, 5.74) is 0.257. The molecule has 0 amide bonds. The summed E-state index contributed by atoms with van der Waals surface area (Å²) in [5, 5.41) is 0.645. The van der Waals surface area contributed by atoms with E-state index in [9.17, 15) is 17.6 Å². The molecule has 0 spiro atoms. The van der Waals surface area contributed by atoms with Crippen LogP contribution in [-0.4, -0.2) is 4.98 Å². The van der Waals surface area contributed by atoms with Gasteiger partial charge in [-0.25, -0.2) is 4.39 Å². The molecule has 0 saturated carbocycles. The zero-order valence-electron chi connectivity index (χ0n) is 11.2. The molecule has 1 aromatic heterocycles. The molecule has 0 unspecified atom stereocenters. The average Bonchev–Trinajstić information content (AvgIpc) is 2.89. The molecule has 2 nitrogen and oxygen atoms in total. The van der Waals surface area contributed by atoms with E-state index in [4.69, 9.17) is 4.74 Å². The number of halogens is 4. The highest BCUT2D eigenvalue weighted by Crippen LogP contribution is 2.31. The summed E-state index contributed by atoms with van der Waals surface area (Å²) in [5.74, 6) is -0.275. The van der Waals surface area contributed by atoms with Gasteiger partial charge in [0.2, 0.25) is 0 Å². The number of hydrogen-bond acceptors (Lipinski definition) is 1. The summed E-state index contributed by atoms with van der Waals surface area (Å²) in [4.78, 5) is 2.79. The number of nitrogens with one attached hydrogen (secondary N) is 1. The van der Waals surface area contributed by atoms with Gasteiger partial charge in [-0.15, -0.1) is 0 Å². The second-order valence-electron chi connectivity index (χ2n) is 4.79. The van der Waals surface area contributed by atoms with Crippen LogP contribution in [0.25, 0.3) is 10.9 Å². The number of fused-ring (bicyclic) bond motifs is 1. The van der Waals surface area contributed by atoms with Gasteiger partial charge in [-0.3, -0.25) is 0 Å². The number of alkyl halides is 3. The van der Waals surface area contributed by atoms with Crippen LogP contribution in [-0.2, 0) is 12.8 Å². The molecule has 0 aliphatic carbocycles. The zero-order chi connectivity index (χ0) is 15.7. The van der Waals surface area contributed by atoms with Crippen LogP contribution in [0.3, 0.4) is 0 Å². The minimum absolute atomic E-state index is 0.0464. The van der Waals surface area contributed by atoms with Crippen molar-refractivity contribution in [3.8, 4) is 5.75 Å². The predicted molar refractivity (Wildman–Crippen MR) is 74.0 cm³/mol. The molecule has 3 rings (SSSR count). The third kappa shape index (κ3) is 2.77. The number of H-pyrrole nitrogens is 1. The molecule has 0 atom stereocenters. The van der Waals surface area contributed by atoms with E-state index in [0.29, 0.717) is 16.5 Å². The summed E-state index contributed by atoms with van der Waals surface area (Å²) < 4.78 is 56.8. The summed E-state index contributed by atoms with van der Waals surface area (Å²) in [6, 6.07) is 9.27. The Bertz CT molecular complexity index is 807. The fraction of sp³-hybridized carbons (Fsp3) is 0.125. The molecular formula is C16H11F4NO. The topological polar surface area (TPSA) is 25.0 Å². The Hall–Kier alpha value is -2.50. The molecular weight excluding hydrogens is 298 g/mol. The molecule has 3 aromatic rings. The lowest BCUT2D eigenvalue weighted by atomic mass is 10.2. The van der Waals surface area contributed by atoms with E-state index < -0.39 is 11.7 Å². The second kappa shape index (κ2) is 5.36. The van der Waals surface area contributed by atoms with Crippen LogP contribution in [0.1, 0.15) is 11.1 Å². The van der Waals surface area contributed by atoms with E-state index in [2.05, 4.69) is 4.98 Å². The van der Waals surface area contributed by atoms with E-state index in [0.717, 1.165) is 12.1 Å². The maximum absolute atomic E-state index is 13.5. The van der Waals surface area contributed by atoms with Crippen molar-refractivity contribution in [3.63, 3.8) is 0 Å². The quantitative estimate of drug-likeness (QED) is 0.684. The molecule has 22 heavy (non-hydrogen) atoms. The van der Waals surface area contributed by atoms with Crippen LogP contribution < -0.4 is 4.74 Å². The number of para-hydroxylation sites is 1. The summed E-state index contributed by atoms with van der Waals surface area (Å²) in [6.45, 7) is 0.0464. The van der Waals surface area contributed by atoms with E-state index in [1.165, 1.54) is 18.2 Å². The van der Waals surface area contributed by atoms with Crippen molar-refractivity contribution in [2.75, 3.05) is 0 Å². The van der Waals surface area contributed by atoms with Crippen molar-refractivity contribution in [1.29, 1.82) is 0 Å². The first-order valence-corrected chi connectivity index (χ1v) is 6.50. The van der Waals surface area contributed by atoms with Crippen molar-refractivity contribution in [3.05, 3.63) is 65.6 Å². The van der Waals surface area contributed by atoms with Gasteiger partial charge in [0.1, 0.15) is 18.2 Å². The predicted octanol–water partition coefficient (Wildman–Crippen LogP) is 4.90. The molecule has 1 N–H and O–H groups in total. The maximum Gasteiger partial charge on any atom is 0.416 e. The number of ether oxygens (including phenoxy) is 1. The van der Waals surface area contributed by atoms with E-state index in [1.54, 1.807) is 18.3 Å². The Morgan fingerprint density at radius 2 is 1.82 bits per heavy atom. The van der Waals surface area contributed by atoms with Gasteiger partial charge in [0.15, 0.2) is 0 Å². The van der Waals surface area contributed by atoms with Crippen LogP contribution >= 0.6 is 0 Å². The Kier molecular flexibility index (Phi) is 3.52. The molecule has 0 fully saturated rings. The van der Waals surface area contributed by atoms with Gasteiger partial charge in [-0.2, -0.15) is 13.2 Å². The first kappa shape index (κ1) is 14.4. The zero-order valence-corrected chi connectivity index (χ0v) is 11.2. The molecule has 114 valence electrons. The smallest absolute Gasteiger partial charge is 0.416 e. The van der Waals surface area contributed by atoms with Crippen molar-refractivity contribution >= 4 is 10.9 Å². The van der Waals surface area contributed by atoms with Gasteiger partial charge < -0.3 is 9.72 Å². The van der Waals surface area contributed by atoms with Gasteiger partial charge in [0.05, 0.1) is 11.1 Å². The van der Waals surface area contributed by atoms with Crippen LogP contribution in [0, 0.1) is 5.82 Å². The monoisotopic (exact) mass is 309 g/mol. The largest absolute Gasteiger partial charge is 0.489 e. The lowest BCUT2D eigenvalue weighted by Crippen LogP contribution is -2.05. The van der Waals surface area contributed by atoms with Gasteiger partial charge in [0.25, 0.3) is 0 Å². The SMILES string of the molecule is Fc1cccc2c(COc3cccc(C(F)(F)F)c3)c[nH]c12. The van der Waals surface area contributed by atoms with Crippen molar-refractivity contribution in [1.82, 2.24) is 4.98 Å². The van der Waals surface area contributed by atoms with E-state index in [-0.39, 0.29) is 18.2 Å². The van der Waals surface area contributed by atoms with Crippen LogP contribution in [0.5, 0.6) is 5.75 Å². The maximum atomic E-state index is 13.5. The summed E-state index contributed by atoms with van der Waals surface area (Å²) >= 11 is 0. The normalized spacial score (nSPS) is 11.8. The molecule has 0 saturated heterocycles. The lowest BCUT2D eigenvalue weighted by molar-refractivity contribution is -0.137. The van der Waals surface area contributed by atoms with Crippen molar-refractivity contribution < 1.29 is 22.3 Å². The van der Waals surface area contributed by atoms with E-state index in [1.807, 2.05) is 0 Å². The third-order valence-electron chi connectivity index (χ3n) is 3.31. The van der Waals surface area contributed by atoms with E-state index >= 15 is 0 Å². The molecule has 6 heteroatoms. The number of rotatable bonds is 3. The highest BCUT2D eigenvalue weighted by Gasteiger charge is 2.30.